The number of carbonyl (C=O) groups is 2. The number of carboxylic acid groups (broad SMARTS) is 1. The Labute approximate surface area is 191 Å². The van der Waals surface area contributed by atoms with Crippen molar-refractivity contribution >= 4 is 30.0 Å². The molecule has 9 nitrogen and oxygen atoms in total. The van der Waals surface area contributed by atoms with Gasteiger partial charge in [-0.1, -0.05) is 12.1 Å². The number of methoxy groups -OCH3 is 1. The number of nitrogens with two attached hydrogens (primary N) is 1. The third-order valence-corrected chi connectivity index (χ3v) is 4.58. The van der Waals surface area contributed by atoms with E-state index in [9.17, 15) is 9.59 Å². The van der Waals surface area contributed by atoms with Crippen LogP contribution in [-0.4, -0.2) is 46.3 Å². The van der Waals surface area contributed by atoms with Crippen molar-refractivity contribution in [2.24, 2.45) is 5.73 Å². The number of amides is 1. The van der Waals surface area contributed by atoms with Crippen LogP contribution in [0.25, 0.3) is 0 Å². The van der Waals surface area contributed by atoms with Gasteiger partial charge in [0.25, 0.3) is 5.91 Å². The molecule has 0 unspecified atom stereocenters. The van der Waals surface area contributed by atoms with Crippen molar-refractivity contribution in [2.75, 3.05) is 19.0 Å². The summed E-state index contributed by atoms with van der Waals surface area (Å²) in [6.07, 6.45) is 5.47. The number of aromatic nitrogens is 2. The fourth-order valence-corrected chi connectivity index (χ4v) is 2.88. The quantitative estimate of drug-likeness (QED) is 0.424. The van der Waals surface area contributed by atoms with E-state index < -0.39 is 12.0 Å². The van der Waals surface area contributed by atoms with E-state index >= 15 is 0 Å². The lowest BCUT2D eigenvalue weighted by Gasteiger charge is -2.13. The molecular formula is C22H25ClN4O5. The zero-order valence-corrected chi connectivity index (χ0v) is 18.2. The van der Waals surface area contributed by atoms with Crippen LogP contribution in [0.3, 0.4) is 0 Å². The van der Waals surface area contributed by atoms with Gasteiger partial charge in [0.15, 0.2) is 11.5 Å². The van der Waals surface area contributed by atoms with Crippen LogP contribution in [0.1, 0.15) is 15.9 Å². The van der Waals surface area contributed by atoms with Gasteiger partial charge in [-0.3, -0.25) is 9.59 Å². The average molecular weight is 461 g/mol. The Morgan fingerprint density at radius 3 is 2.56 bits per heavy atom. The van der Waals surface area contributed by atoms with Crippen LogP contribution in [0.2, 0.25) is 0 Å². The molecule has 0 aliphatic carbocycles. The summed E-state index contributed by atoms with van der Waals surface area (Å²) in [5, 5.41) is 11.7. The number of carboxylic acids is 1. The number of ether oxygens (including phenoxy) is 2. The maximum Gasteiger partial charge on any atom is 0.320 e. The number of halogens is 1. The monoisotopic (exact) mass is 460 g/mol. The number of rotatable bonds is 10. The SMILES string of the molecule is COc1cc(C(=O)Nc2ccc(C[C@H](N)C(=O)O)cc2)ccc1OCCn1ccnc1.Cl. The molecule has 1 heterocycles. The molecular weight excluding hydrogens is 436 g/mol. The number of hydrogen-bond acceptors (Lipinski definition) is 6. The smallest absolute Gasteiger partial charge is 0.320 e. The maximum atomic E-state index is 12.6. The third kappa shape index (κ3) is 6.73. The molecule has 0 aliphatic heterocycles. The molecule has 0 bridgehead atoms. The number of aliphatic carboxylic acids is 1. The zero-order chi connectivity index (χ0) is 22.2. The van der Waals surface area contributed by atoms with E-state index in [-0.39, 0.29) is 24.7 Å². The number of carbonyl (C=O) groups excluding carboxylic acids is 1. The molecule has 3 aromatic rings. The first-order valence-corrected chi connectivity index (χ1v) is 9.61. The van der Waals surface area contributed by atoms with Crippen molar-refractivity contribution in [3.63, 3.8) is 0 Å². The second-order valence-electron chi connectivity index (χ2n) is 6.81. The molecule has 0 fully saturated rings. The molecule has 10 heteroatoms. The minimum absolute atomic E-state index is 0. The molecule has 0 saturated heterocycles. The maximum absolute atomic E-state index is 12.6. The molecule has 0 saturated carbocycles. The Kier molecular flexibility index (Phi) is 9.06. The highest BCUT2D eigenvalue weighted by Gasteiger charge is 2.14. The summed E-state index contributed by atoms with van der Waals surface area (Å²) in [5.74, 6) is -0.367. The Balaban J connectivity index is 0.00000363. The molecule has 2 aromatic carbocycles. The van der Waals surface area contributed by atoms with E-state index in [1.54, 1.807) is 55.0 Å². The number of anilines is 1. The predicted octanol–water partition coefficient (Wildman–Crippen LogP) is 2.60. The lowest BCUT2D eigenvalue weighted by Crippen LogP contribution is -2.32. The second kappa shape index (κ2) is 11.7. The van der Waals surface area contributed by atoms with Gasteiger partial charge in [-0.2, -0.15) is 0 Å². The first-order chi connectivity index (χ1) is 15.0. The summed E-state index contributed by atoms with van der Waals surface area (Å²) in [6, 6.07) is 10.9. The molecule has 1 atom stereocenters. The van der Waals surface area contributed by atoms with Crippen LogP contribution in [0.5, 0.6) is 11.5 Å². The second-order valence-corrected chi connectivity index (χ2v) is 6.81. The van der Waals surface area contributed by atoms with E-state index in [0.717, 1.165) is 5.56 Å². The zero-order valence-electron chi connectivity index (χ0n) is 17.4. The van der Waals surface area contributed by atoms with Gasteiger partial charge in [-0.05, 0) is 42.3 Å². The summed E-state index contributed by atoms with van der Waals surface area (Å²) < 4.78 is 13.0. The summed E-state index contributed by atoms with van der Waals surface area (Å²) in [4.78, 5) is 27.4. The summed E-state index contributed by atoms with van der Waals surface area (Å²) in [6.45, 7) is 1.06. The molecule has 0 spiro atoms. The van der Waals surface area contributed by atoms with Crippen LogP contribution in [0, 0.1) is 0 Å². The van der Waals surface area contributed by atoms with E-state index in [1.807, 2.05) is 10.8 Å². The lowest BCUT2D eigenvalue weighted by molar-refractivity contribution is -0.138. The average Bonchev–Trinajstić information content (AvgIpc) is 3.28. The molecule has 4 N–H and O–H groups in total. The summed E-state index contributed by atoms with van der Waals surface area (Å²) in [7, 11) is 1.51. The number of nitrogens with one attached hydrogen (secondary N) is 1. The third-order valence-electron chi connectivity index (χ3n) is 4.58. The van der Waals surface area contributed by atoms with Crippen molar-refractivity contribution < 1.29 is 24.2 Å². The van der Waals surface area contributed by atoms with Gasteiger partial charge in [0.05, 0.1) is 20.0 Å². The van der Waals surface area contributed by atoms with Gasteiger partial charge < -0.3 is 30.2 Å². The topological polar surface area (TPSA) is 129 Å². The van der Waals surface area contributed by atoms with Crippen LogP contribution in [0.15, 0.2) is 61.2 Å². The Hall–Kier alpha value is -3.56. The fraction of sp³-hybridized carbons (Fsp3) is 0.227. The van der Waals surface area contributed by atoms with Gasteiger partial charge in [-0.25, -0.2) is 4.98 Å². The minimum Gasteiger partial charge on any atom is -0.493 e. The molecule has 3 rings (SSSR count). The normalized spacial score (nSPS) is 11.2. The highest BCUT2D eigenvalue weighted by atomic mass is 35.5. The Morgan fingerprint density at radius 1 is 1.19 bits per heavy atom. The summed E-state index contributed by atoms with van der Waals surface area (Å²) in [5.41, 5.74) is 7.31. The minimum atomic E-state index is -1.06. The van der Waals surface area contributed by atoms with Gasteiger partial charge in [0, 0.05) is 23.6 Å². The number of hydrogen-bond donors (Lipinski definition) is 3. The molecule has 0 aliphatic rings. The number of imidazole rings is 1. The number of benzene rings is 2. The molecule has 0 radical (unpaired) electrons. The van der Waals surface area contributed by atoms with Crippen LogP contribution in [0.4, 0.5) is 5.69 Å². The first kappa shape index (κ1) is 24.7. The van der Waals surface area contributed by atoms with Crippen LogP contribution < -0.4 is 20.5 Å². The van der Waals surface area contributed by atoms with E-state index in [2.05, 4.69) is 10.3 Å². The van der Waals surface area contributed by atoms with Gasteiger partial charge in [0.2, 0.25) is 0 Å². The fourth-order valence-electron chi connectivity index (χ4n) is 2.88. The lowest BCUT2D eigenvalue weighted by atomic mass is 10.1. The highest BCUT2D eigenvalue weighted by molar-refractivity contribution is 6.04. The van der Waals surface area contributed by atoms with Crippen LogP contribution >= 0.6 is 12.4 Å². The predicted molar refractivity (Wildman–Crippen MR) is 122 cm³/mol. The number of nitrogens with zero attached hydrogens (tertiary/aromatic N) is 2. The van der Waals surface area contributed by atoms with Crippen LogP contribution in [-0.2, 0) is 17.8 Å². The standard InChI is InChI=1S/C22H24N4O5.ClH/c1-30-20-13-16(4-7-19(20)31-11-10-26-9-8-24-14-26)21(27)25-17-5-2-15(3-6-17)12-18(23)22(28)29;/h2-9,13-14,18H,10-12,23H2,1H3,(H,25,27)(H,28,29);1H/t18-;/m0./s1. The molecule has 170 valence electrons. The van der Waals surface area contributed by atoms with Gasteiger partial charge in [-0.15, -0.1) is 12.4 Å². The van der Waals surface area contributed by atoms with E-state index in [0.29, 0.717) is 35.9 Å². The first-order valence-electron chi connectivity index (χ1n) is 9.61. The molecule has 1 amide bonds. The van der Waals surface area contributed by atoms with Crippen molar-refractivity contribution in [2.45, 2.75) is 19.0 Å². The highest BCUT2D eigenvalue weighted by Crippen LogP contribution is 2.28. The largest absolute Gasteiger partial charge is 0.493 e. The van der Waals surface area contributed by atoms with Crippen molar-refractivity contribution in [3.05, 3.63) is 72.3 Å². The summed E-state index contributed by atoms with van der Waals surface area (Å²) >= 11 is 0. The molecule has 1 aromatic heterocycles. The van der Waals surface area contributed by atoms with Crippen molar-refractivity contribution in [1.82, 2.24) is 9.55 Å². The Bertz CT molecular complexity index is 1030. The Morgan fingerprint density at radius 2 is 1.94 bits per heavy atom. The van der Waals surface area contributed by atoms with Gasteiger partial charge in [0.1, 0.15) is 12.6 Å². The van der Waals surface area contributed by atoms with Crippen molar-refractivity contribution in [3.8, 4) is 11.5 Å². The molecule has 32 heavy (non-hydrogen) atoms. The van der Waals surface area contributed by atoms with Gasteiger partial charge >= 0.3 is 5.97 Å². The van der Waals surface area contributed by atoms with E-state index in [1.165, 1.54) is 7.11 Å². The van der Waals surface area contributed by atoms with E-state index in [4.69, 9.17) is 20.3 Å². The van der Waals surface area contributed by atoms with Crippen molar-refractivity contribution in [1.29, 1.82) is 0 Å².